The third kappa shape index (κ3) is 2.57. The summed E-state index contributed by atoms with van der Waals surface area (Å²) in [4.78, 5) is 13.2. The van der Waals surface area contributed by atoms with Crippen LogP contribution in [0.25, 0.3) is 0 Å². The summed E-state index contributed by atoms with van der Waals surface area (Å²) in [7, 11) is 0. The minimum Gasteiger partial charge on any atom is -0.294 e. The SMILES string of the molecule is CCc1n[nH]c2c1C(c1ccccc1C)C1=C(C2)CC(C)(C)CC1=O. The van der Waals surface area contributed by atoms with Crippen molar-refractivity contribution in [3.05, 3.63) is 63.5 Å². The van der Waals surface area contributed by atoms with E-state index in [0.29, 0.717) is 12.2 Å². The molecule has 2 aliphatic carbocycles. The van der Waals surface area contributed by atoms with Gasteiger partial charge in [0.15, 0.2) is 5.78 Å². The second-order valence-corrected chi connectivity index (χ2v) is 8.34. The number of aromatic amines is 1. The fourth-order valence-corrected chi connectivity index (χ4v) is 4.74. The molecule has 0 saturated carbocycles. The first kappa shape index (κ1) is 16.3. The molecule has 0 saturated heterocycles. The van der Waals surface area contributed by atoms with Crippen molar-refractivity contribution in [2.75, 3.05) is 0 Å². The van der Waals surface area contributed by atoms with Crippen LogP contribution in [0.3, 0.4) is 0 Å². The van der Waals surface area contributed by atoms with Gasteiger partial charge in [-0.3, -0.25) is 9.89 Å². The summed E-state index contributed by atoms with van der Waals surface area (Å²) in [6, 6.07) is 8.48. The highest BCUT2D eigenvalue weighted by molar-refractivity contribution is 6.00. The van der Waals surface area contributed by atoms with Gasteiger partial charge in [-0.25, -0.2) is 0 Å². The molecule has 1 unspecified atom stereocenters. The molecule has 1 aromatic carbocycles. The smallest absolute Gasteiger partial charge is 0.160 e. The van der Waals surface area contributed by atoms with E-state index < -0.39 is 0 Å². The first-order chi connectivity index (χ1) is 11.9. The number of allylic oxidation sites excluding steroid dienone is 2. The number of hydrogen-bond donors (Lipinski definition) is 1. The molecule has 4 rings (SSSR count). The number of ketones is 1. The molecular formula is C22H26N2O. The Morgan fingerprint density at radius 3 is 2.72 bits per heavy atom. The van der Waals surface area contributed by atoms with Crippen LogP contribution < -0.4 is 0 Å². The van der Waals surface area contributed by atoms with Gasteiger partial charge in [0.1, 0.15) is 0 Å². The molecule has 0 bridgehead atoms. The lowest BCUT2D eigenvalue weighted by Crippen LogP contribution is -2.32. The molecule has 0 aliphatic heterocycles. The maximum absolute atomic E-state index is 13.2. The first-order valence-electron chi connectivity index (χ1n) is 9.28. The number of carbonyl (C=O) groups is 1. The maximum atomic E-state index is 13.2. The van der Waals surface area contributed by atoms with Crippen LogP contribution in [0.2, 0.25) is 0 Å². The number of rotatable bonds is 2. The summed E-state index contributed by atoms with van der Waals surface area (Å²) >= 11 is 0. The highest BCUT2D eigenvalue weighted by Crippen LogP contribution is 2.49. The van der Waals surface area contributed by atoms with Gasteiger partial charge in [-0.05, 0) is 36.3 Å². The van der Waals surface area contributed by atoms with Crippen molar-refractivity contribution in [3.63, 3.8) is 0 Å². The Kier molecular flexibility index (Phi) is 3.71. The van der Waals surface area contributed by atoms with Crippen molar-refractivity contribution in [2.45, 2.75) is 59.3 Å². The van der Waals surface area contributed by atoms with E-state index in [9.17, 15) is 4.79 Å². The normalized spacial score (nSPS) is 21.9. The van der Waals surface area contributed by atoms with Crippen molar-refractivity contribution in [1.29, 1.82) is 0 Å². The zero-order valence-electron chi connectivity index (χ0n) is 15.6. The third-order valence-electron chi connectivity index (χ3n) is 5.78. The van der Waals surface area contributed by atoms with Crippen molar-refractivity contribution < 1.29 is 4.79 Å². The maximum Gasteiger partial charge on any atom is 0.160 e. The predicted octanol–water partition coefficient (Wildman–Crippen LogP) is 4.65. The fourth-order valence-electron chi connectivity index (χ4n) is 4.74. The summed E-state index contributed by atoms with van der Waals surface area (Å²) in [5, 5.41) is 7.85. The number of fused-ring (bicyclic) bond motifs is 1. The van der Waals surface area contributed by atoms with Gasteiger partial charge in [-0.2, -0.15) is 5.10 Å². The van der Waals surface area contributed by atoms with Crippen molar-refractivity contribution >= 4 is 5.78 Å². The predicted molar refractivity (Wildman–Crippen MR) is 99.7 cm³/mol. The van der Waals surface area contributed by atoms with Crippen molar-refractivity contribution in [1.82, 2.24) is 10.2 Å². The van der Waals surface area contributed by atoms with Crippen molar-refractivity contribution in [2.24, 2.45) is 5.41 Å². The van der Waals surface area contributed by atoms with Gasteiger partial charge in [-0.1, -0.05) is 50.6 Å². The summed E-state index contributed by atoms with van der Waals surface area (Å²) in [5.41, 5.74) is 8.47. The number of nitrogens with one attached hydrogen (secondary N) is 1. The molecule has 3 nitrogen and oxygen atoms in total. The van der Waals surface area contributed by atoms with E-state index >= 15 is 0 Å². The minimum absolute atomic E-state index is 0.0391. The number of hydrogen-bond acceptors (Lipinski definition) is 2. The van der Waals surface area contributed by atoms with Crippen molar-refractivity contribution in [3.8, 4) is 0 Å². The lowest BCUT2D eigenvalue weighted by atomic mass is 9.64. The average Bonchev–Trinajstić information content (AvgIpc) is 2.95. The van der Waals surface area contributed by atoms with E-state index in [4.69, 9.17) is 0 Å². The lowest BCUT2D eigenvalue weighted by Gasteiger charge is -2.38. The van der Waals surface area contributed by atoms with Gasteiger partial charge in [0.25, 0.3) is 0 Å². The minimum atomic E-state index is 0.0391. The number of carbonyl (C=O) groups excluding carboxylic acids is 1. The molecule has 1 N–H and O–H groups in total. The lowest BCUT2D eigenvalue weighted by molar-refractivity contribution is -0.118. The van der Waals surface area contributed by atoms with E-state index in [0.717, 1.165) is 30.5 Å². The quantitative estimate of drug-likeness (QED) is 0.868. The molecule has 1 aromatic heterocycles. The average molecular weight is 334 g/mol. The molecule has 1 heterocycles. The van der Waals surface area contributed by atoms with E-state index in [-0.39, 0.29) is 11.3 Å². The van der Waals surface area contributed by atoms with Gasteiger partial charge >= 0.3 is 0 Å². The van der Waals surface area contributed by atoms with Crippen LogP contribution in [0.4, 0.5) is 0 Å². The van der Waals surface area contributed by atoms with Crippen LogP contribution in [-0.4, -0.2) is 16.0 Å². The van der Waals surface area contributed by atoms with Crippen LogP contribution in [0.15, 0.2) is 35.4 Å². The highest BCUT2D eigenvalue weighted by atomic mass is 16.1. The molecule has 0 radical (unpaired) electrons. The summed E-state index contributed by atoms with van der Waals surface area (Å²) in [6.07, 6.45) is 3.37. The number of aromatic nitrogens is 2. The summed E-state index contributed by atoms with van der Waals surface area (Å²) < 4.78 is 0. The van der Waals surface area contributed by atoms with E-state index in [1.807, 2.05) is 0 Å². The number of nitrogens with zero attached hydrogens (tertiary/aromatic N) is 1. The zero-order valence-corrected chi connectivity index (χ0v) is 15.6. The number of aryl methyl sites for hydroxylation is 2. The zero-order chi connectivity index (χ0) is 17.8. The molecule has 2 aromatic rings. The van der Waals surface area contributed by atoms with Crippen LogP contribution in [0.1, 0.15) is 67.6 Å². The Hall–Kier alpha value is -2.16. The first-order valence-corrected chi connectivity index (χ1v) is 9.28. The second kappa shape index (κ2) is 5.69. The van der Waals surface area contributed by atoms with Gasteiger partial charge in [-0.15, -0.1) is 0 Å². The number of Topliss-reactive ketones (excluding diaryl/α,β-unsaturated/α-hetero) is 1. The molecule has 0 amide bonds. The second-order valence-electron chi connectivity index (χ2n) is 8.34. The molecular weight excluding hydrogens is 308 g/mol. The van der Waals surface area contributed by atoms with E-state index in [1.54, 1.807) is 0 Å². The summed E-state index contributed by atoms with van der Waals surface area (Å²) in [5.74, 6) is 0.366. The van der Waals surface area contributed by atoms with Gasteiger partial charge in [0.2, 0.25) is 0 Å². The topological polar surface area (TPSA) is 45.8 Å². The monoisotopic (exact) mass is 334 g/mol. The Morgan fingerprint density at radius 2 is 2.00 bits per heavy atom. The van der Waals surface area contributed by atoms with Crippen LogP contribution >= 0.6 is 0 Å². The van der Waals surface area contributed by atoms with Crippen LogP contribution in [0.5, 0.6) is 0 Å². The molecule has 130 valence electrons. The highest BCUT2D eigenvalue weighted by Gasteiger charge is 2.42. The standard InChI is InChI=1S/C22H26N2O/c1-5-16-21-17(24-23-16)10-14-11-22(3,4)12-18(25)19(14)20(21)15-9-7-6-8-13(15)2/h6-9,20H,5,10-12H2,1-4H3,(H,23,24). The van der Waals surface area contributed by atoms with E-state index in [1.165, 1.54) is 28.0 Å². The van der Waals surface area contributed by atoms with E-state index in [2.05, 4.69) is 62.2 Å². The molecule has 2 aliphatic rings. The van der Waals surface area contributed by atoms with Crippen LogP contribution in [0, 0.1) is 12.3 Å². The molecule has 1 atom stereocenters. The largest absolute Gasteiger partial charge is 0.294 e. The van der Waals surface area contributed by atoms with Gasteiger partial charge < -0.3 is 0 Å². The summed E-state index contributed by atoms with van der Waals surface area (Å²) in [6.45, 7) is 8.70. The number of H-pyrrole nitrogens is 1. The van der Waals surface area contributed by atoms with Gasteiger partial charge in [0, 0.05) is 35.6 Å². The van der Waals surface area contributed by atoms with Crippen LogP contribution in [-0.2, 0) is 17.6 Å². The number of benzene rings is 1. The fraction of sp³-hybridized carbons (Fsp3) is 0.455. The molecule has 3 heteroatoms. The molecule has 0 spiro atoms. The Balaban J connectivity index is 1.97. The molecule has 25 heavy (non-hydrogen) atoms. The Morgan fingerprint density at radius 1 is 1.24 bits per heavy atom. The van der Waals surface area contributed by atoms with Gasteiger partial charge in [0.05, 0.1) is 5.69 Å². The molecule has 0 fully saturated rings. The Labute approximate surface area is 149 Å². The third-order valence-corrected chi connectivity index (χ3v) is 5.78. The Bertz CT molecular complexity index is 885.